The molecule has 1 aliphatic rings. The normalized spacial score (nSPS) is 18.9. The van der Waals surface area contributed by atoms with Crippen molar-refractivity contribution < 1.29 is 9.53 Å². The van der Waals surface area contributed by atoms with E-state index in [-0.39, 0.29) is 12.0 Å². The fourth-order valence-electron chi connectivity index (χ4n) is 2.21. The molecule has 1 unspecified atom stereocenters. The molecule has 1 atom stereocenters. The number of nitrogens with zero attached hydrogens (tertiary/aromatic N) is 2. The van der Waals surface area contributed by atoms with Gasteiger partial charge in [0.2, 0.25) is 5.91 Å². The van der Waals surface area contributed by atoms with Crippen LogP contribution in [0, 0.1) is 0 Å². The Labute approximate surface area is 116 Å². The quantitative estimate of drug-likeness (QED) is 0.870. The Bertz CT molecular complexity index is 611. The highest BCUT2D eigenvalue weighted by Gasteiger charge is 2.17. The summed E-state index contributed by atoms with van der Waals surface area (Å²) in [6.07, 6.45) is 3.58. The van der Waals surface area contributed by atoms with E-state index in [0.29, 0.717) is 13.0 Å². The van der Waals surface area contributed by atoms with Crippen molar-refractivity contribution in [1.82, 2.24) is 15.3 Å². The van der Waals surface area contributed by atoms with Crippen LogP contribution in [0.3, 0.4) is 0 Å². The summed E-state index contributed by atoms with van der Waals surface area (Å²) in [5.41, 5.74) is 2.30. The standard InChI is InChI=1S/C14H16N4O2/c19-14(8-11-9-15-5-6-20-11)18-10-1-2-12-13(7-10)17-4-3-16-12/h1-4,7,11,15H,5-6,8-9H2,(H,18,19). The van der Waals surface area contributed by atoms with E-state index in [9.17, 15) is 4.79 Å². The number of morpholine rings is 1. The van der Waals surface area contributed by atoms with Crippen molar-refractivity contribution in [3.8, 4) is 0 Å². The van der Waals surface area contributed by atoms with Crippen LogP contribution in [-0.4, -0.2) is 41.7 Å². The number of hydrogen-bond donors (Lipinski definition) is 2. The smallest absolute Gasteiger partial charge is 0.227 e. The van der Waals surface area contributed by atoms with Crippen molar-refractivity contribution in [3.63, 3.8) is 0 Å². The highest BCUT2D eigenvalue weighted by molar-refractivity contribution is 5.93. The molecule has 104 valence electrons. The van der Waals surface area contributed by atoms with E-state index in [1.165, 1.54) is 0 Å². The van der Waals surface area contributed by atoms with Gasteiger partial charge >= 0.3 is 0 Å². The first-order chi connectivity index (χ1) is 9.81. The van der Waals surface area contributed by atoms with E-state index in [4.69, 9.17) is 4.74 Å². The number of benzene rings is 1. The maximum Gasteiger partial charge on any atom is 0.227 e. The average molecular weight is 272 g/mol. The van der Waals surface area contributed by atoms with Gasteiger partial charge in [0.05, 0.1) is 30.2 Å². The Morgan fingerprint density at radius 1 is 1.35 bits per heavy atom. The molecule has 20 heavy (non-hydrogen) atoms. The Kier molecular flexibility index (Phi) is 3.85. The fourth-order valence-corrected chi connectivity index (χ4v) is 2.21. The molecule has 1 aliphatic heterocycles. The van der Waals surface area contributed by atoms with Crippen LogP contribution in [0.2, 0.25) is 0 Å². The lowest BCUT2D eigenvalue weighted by molar-refractivity contribution is -0.119. The first-order valence-electron chi connectivity index (χ1n) is 6.64. The molecule has 1 fully saturated rings. The largest absolute Gasteiger partial charge is 0.375 e. The third-order valence-corrected chi connectivity index (χ3v) is 3.17. The monoisotopic (exact) mass is 272 g/mol. The van der Waals surface area contributed by atoms with Gasteiger partial charge in [-0.15, -0.1) is 0 Å². The summed E-state index contributed by atoms with van der Waals surface area (Å²) in [7, 11) is 0. The zero-order valence-corrected chi connectivity index (χ0v) is 11.0. The van der Waals surface area contributed by atoms with Gasteiger partial charge in [-0.25, -0.2) is 0 Å². The molecule has 2 aromatic rings. The summed E-state index contributed by atoms with van der Waals surface area (Å²) >= 11 is 0. The van der Waals surface area contributed by atoms with E-state index < -0.39 is 0 Å². The molecule has 1 aromatic carbocycles. The van der Waals surface area contributed by atoms with Crippen LogP contribution >= 0.6 is 0 Å². The van der Waals surface area contributed by atoms with Crippen molar-refractivity contribution >= 4 is 22.6 Å². The number of nitrogens with one attached hydrogen (secondary N) is 2. The minimum absolute atomic E-state index is 0.0519. The number of carbonyl (C=O) groups is 1. The van der Waals surface area contributed by atoms with Crippen LogP contribution in [0.1, 0.15) is 6.42 Å². The lowest BCUT2D eigenvalue weighted by Gasteiger charge is -2.23. The second kappa shape index (κ2) is 5.94. The SMILES string of the molecule is O=C(CC1CNCCO1)Nc1ccc2nccnc2c1. The number of ether oxygens (including phenoxy) is 1. The minimum atomic E-state index is -0.0538. The van der Waals surface area contributed by atoms with Crippen LogP contribution in [0.5, 0.6) is 0 Å². The lowest BCUT2D eigenvalue weighted by Crippen LogP contribution is -2.40. The molecular formula is C14H16N4O2. The molecular weight excluding hydrogens is 256 g/mol. The van der Waals surface area contributed by atoms with Gasteiger partial charge < -0.3 is 15.4 Å². The van der Waals surface area contributed by atoms with Crippen LogP contribution < -0.4 is 10.6 Å². The second-order valence-electron chi connectivity index (χ2n) is 4.71. The van der Waals surface area contributed by atoms with Gasteiger partial charge in [-0.2, -0.15) is 0 Å². The zero-order chi connectivity index (χ0) is 13.8. The molecule has 1 saturated heterocycles. The van der Waals surface area contributed by atoms with E-state index >= 15 is 0 Å². The number of carbonyl (C=O) groups excluding carboxylic acids is 1. The number of anilines is 1. The Morgan fingerprint density at radius 2 is 2.20 bits per heavy atom. The number of amides is 1. The fraction of sp³-hybridized carbons (Fsp3) is 0.357. The highest BCUT2D eigenvalue weighted by Crippen LogP contribution is 2.15. The molecule has 3 rings (SSSR count). The van der Waals surface area contributed by atoms with Gasteiger partial charge in [-0.05, 0) is 18.2 Å². The topological polar surface area (TPSA) is 76.1 Å². The van der Waals surface area contributed by atoms with Crippen LogP contribution in [-0.2, 0) is 9.53 Å². The molecule has 6 heteroatoms. The third-order valence-electron chi connectivity index (χ3n) is 3.17. The lowest BCUT2D eigenvalue weighted by atomic mass is 10.2. The molecule has 0 spiro atoms. The number of aromatic nitrogens is 2. The first-order valence-corrected chi connectivity index (χ1v) is 6.64. The number of hydrogen-bond acceptors (Lipinski definition) is 5. The molecule has 0 radical (unpaired) electrons. The van der Waals surface area contributed by atoms with Crippen molar-refractivity contribution in [2.24, 2.45) is 0 Å². The average Bonchev–Trinajstić information content (AvgIpc) is 2.48. The number of fused-ring (bicyclic) bond motifs is 1. The van der Waals surface area contributed by atoms with Gasteiger partial charge in [0.25, 0.3) is 0 Å². The molecule has 6 nitrogen and oxygen atoms in total. The summed E-state index contributed by atoms with van der Waals surface area (Å²) in [5.74, 6) is -0.0538. The first kappa shape index (κ1) is 13.0. The Balaban J connectivity index is 1.64. The summed E-state index contributed by atoms with van der Waals surface area (Å²) in [5, 5.41) is 6.07. The van der Waals surface area contributed by atoms with E-state index in [0.717, 1.165) is 29.8 Å². The van der Waals surface area contributed by atoms with E-state index in [1.807, 2.05) is 18.2 Å². The van der Waals surface area contributed by atoms with Crippen molar-refractivity contribution in [2.45, 2.75) is 12.5 Å². The maximum atomic E-state index is 12.0. The zero-order valence-electron chi connectivity index (χ0n) is 11.0. The van der Waals surface area contributed by atoms with Crippen molar-refractivity contribution in [1.29, 1.82) is 0 Å². The summed E-state index contributed by atoms with van der Waals surface area (Å²) in [6, 6.07) is 5.49. The van der Waals surface area contributed by atoms with Crippen LogP contribution in [0.15, 0.2) is 30.6 Å². The highest BCUT2D eigenvalue weighted by atomic mass is 16.5. The van der Waals surface area contributed by atoms with Crippen LogP contribution in [0.4, 0.5) is 5.69 Å². The Hall–Kier alpha value is -2.05. The van der Waals surface area contributed by atoms with Crippen LogP contribution in [0.25, 0.3) is 11.0 Å². The van der Waals surface area contributed by atoms with Crippen molar-refractivity contribution in [3.05, 3.63) is 30.6 Å². The summed E-state index contributed by atoms with van der Waals surface area (Å²) in [4.78, 5) is 20.4. The van der Waals surface area contributed by atoms with E-state index in [1.54, 1.807) is 12.4 Å². The summed E-state index contributed by atoms with van der Waals surface area (Å²) in [6.45, 7) is 2.22. The molecule has 1 amide bonds. The molecule has 2 heterocycles. The molecule has 2 N–H and O–H groups in total. The van der Waals surface area contributed by atoms with Gasteiger partial charge in [-0.1, -0.05) is 0 Å². The second-order valence-corrected chi connectivity index (χ2v) is 4.71. The predicted octanol–water partition coefficient (Wildman–Crippen LogP) is 0.947. The van der Waals surface area contributed by atoms with Gasteiger partial charge in [0, 0.05) is 31.2 Å². The molecule has 1 aromatic heterocycles. The van der Waals surface area contributed by atoms with Crippen molar-refractivity contribution in [2.75, 3.05) is 25.0 Å². The van der Waals surface area contributed by atoms with Gasteiger partial charge in [0.15, 0.2) is 0 Å². The molecule has 0 saturated carbocycles. The minimum Gasteiger partial charge on any atom is -0.375 e. The number of rotatable bonds is 3. The maximum absolute atomic E-state index is 12.0. The Morgan fingerprint density at radius 3 is 3.00 bits per heavy atom. The van der Waals surface area contributed by atoms with Gasteiger partial charge in [0.1, 0.15) is 0 Å². The molecule has 0 bridgehead atoms. The summed E-state index contributed by atoms with van der Waals surface area (Å²) < 4.78 is 5.51. The third kappa shape index (κ3) is 3.09. The predicted molar refractivity (Wildman–Crippen MR) is 75.4 cm³/mol. The van der Waals surface area contributed by atoms with E-state index in [2.05, 4.69) is 20.6 Å². The molecule has 0 aliphatic carbocycles. The van der Waals surface area contributed by atoms with Gasteiger partial charge in [-0.3, -0.25) is 14.8 Å².